The molecule has 1 aliphatic heterocycles. The zero-order valence-electron chi connectivity index (χ0n) is 11.9. The largest absolute Gasteiger partial charge is 0.480 e. The second-order valence-corrected chi connectivity index (χ2v) is 5.71. The van der Waals surface area contributed by atoms with E-state index in [1.165, 1.54) is 0 Å². The monoisotopic (exact) mass is 267 g/mol. The molecule has 0 aromatic carbocycles. The van der Waals surface area contributed by atoms with Crippen molar-refractivity contribution in [2.75, 3.05) is 20.2 Å². The van der Waals surface area contributed by atoms with Crippen LogP contribution in [0.1, 0.15) is 33.2 Å². The maximum Gasteiger partial charge on any atom is 0.410 e. The lowest BCUT2D eigenvalue weighted by Crippen LogP contribution is -2.35. The van der Waals surface area contributed by atoms with Crippen molar-refractivity contribution >= 4 is 6.09 Å². The highest BCUT2D eigenvalue weighted by molar-refractivity contribution is 5.68. The highest BCUT2D eigenvalue weighted by Gasteiger charge is 2.31. The molecule has 1 aromatic heterocycles. The van der Waals surface area contributed by atoms with Crippen LogP contribution in [0.4, 0.5) is 4.79 Å². The zero-order valence-corrected chi connectivity index (χ0v) is 11.9. The number of hydrogen-bond acceptors (Lipinski definition) is 4. The van der Waals surface area contributed by atoms with Gasteiger partial charge in [0.2, 0.25) is 5.88 Å². The Bertz CT molecular complexity index is 450. The molecule has 1 saturated heterocycles. The van der Waals surface area contributed by atoms with E-state index in [2.05, 4.69) is 5.10 Å². The molecule has 1 atom stereocenters. The summed E-state index contributed by atoms with van der Waals surface area (Å²) >= 11 is 0. The molecular formula is C13H21N3O3. The van der Waals surface area contributed by atoms with Crippen LogP contribution in [0.25, 0.3) is 0 Å². The van der Waals surface area contributed by atoms with E-state index >= 15 is 0 Å². The van der Waals surface area contributed by atoms with Gasteiger partial charge in [0, 0.05) is 25.4 Å². The summed E-state index contributed by atoms with van der Waals surface area (Å²) < 4.78 is 12.3. The van der Waals surface area contributed by atoms with Gasteiger partial charge in [-0.25, -0.2) is 4.79 Å². The van der Waals surface area contributed by atoms with Crippen LogP contribution < -0.4 is 4.74 Å². The van der Waals surface area contributed by atoms with Crippen LogP contribution in [0.15, 0.2) is 12.3 Å². The lowest BCUT2D eigenvalue weighted by atomic mass is 10.2. The number of hydrogen-bond donors (Lipinski definition) is 0. The van der Waals surface area contributed by atoms with Gasteiger partial charge >= 0.3 is 6.09 Å². The average Bonchev–Trinajstić information content (AvgIpc) is 2.95. The molecule has 0 saturated carbocycles. The first kappa shape index (κ1) is 13.7. The number of ether oxygens (including phenoxy) is 2. The lowest BCUT2D eigenvalue weighted by Gasteiger charge is -2.24. The number of amides is 1. The topological polar surface area (TPSA) is 56.6 Å². The van der Waals surface area contributed by atoms with Crippen molar-refractivity contribution in [2.45, 2.75) is 38.8 Å². The molecule has 0 aliphatic carbocycles. The van der Waals surface area contributed by atoms with Gasteiger partial charge in [-0.2, -0.15) is 0 Å². The van der Waals surface area contributed by atoms with Crippen LogP contribution in [-0.4, -0.2) is 46.6 Å². The third-order valence-corrected chi connectivity index (χ3v) is 2.98. The average molecular weight is 267 g/mol. The fraction of sp³-hybridized carbons (Fsp3) is 0.692. The summed E-state index contributed by atoms with van der Waals surface area (Å²) in [6, 6.07) is 2.01. The van der Waals surface area contributed by atoms with E-state index in [9.17, 15) is 4.79 Å². The lowest BCUT2D eigenvalue weighted by molar-refractivity contribution is 0.0288. The maximum absolute atomic E-state index is 11.9. The van der Waals surface area contributed by atoms with Crippen molar-refractivity contribution in [3.05, 3.63) is 12.3 Å². The van der Waals surface area contributed by atoms with Gasteiger partial charge in [-0.1, -0.05) is 0 Å². The molecular weight excluding hydrogens is 246 g/mol. The molecule has 0 bridgehead atoms. The van der Waals surface area contributed by atoms with Gasteiger partial charge in [0.05, 0.1) is 13.2 Å². The van der Waals surface area contributed by atoms with Crippen LogP contribution in [-0.2, 0) is 4.74 Å². The summed E-state index contributed by atoms with van der Waals surface area (Å²) in [4.78, 5) is 13.7. The number of likely N-dealkylation sites (tertiary alicyclic amines) is 1. The van der Waals surface area contributed by atoms with Gasteiger partial charge < -0.3 is 14.4 Å². The van der Waals surface area contributed by atoms with E-state index in [0.29, 0.717) is 19.0 Å². The Morgan fingerprint density at radius 3 is 2.79 bits per heavy atom. The smallest absolute Gasteiger partial charge is 0.410 e. The van der Waals surface area contributed by atoms with Gasteiger partial charge in [-0.3, -0.25) is 4.68 Å². The van der Waals surface area contributed by atoms with E-state index in [4.69, 9.17) is 9.47 Å². The van der Waals surface area contributed by atoms with Crippen molar-refractivity contribution in [1.29, 1.82) is 0 Å². The molecule has 19 heavy (non-hydrogen) atoms. The summed E-state index contributed by atoms with van der Waals surface area (Å²) in [5.74, 6) is 0.593. The molecule has 1 amide bonds. The van der Waals surface area contributed by atoms with Crippen molar-refractivity contribution in [1.82, 2.24) is 14.7 Å². The minimum atomic E-state index is -0.454. The quantitative estimate of drug-likeness (QED) is 0.823. The van der Waals surface area contributed by atoms with Gasteiger partial charge in [-0.15, -0.1) is 5.10 Å². The minimum absolute atomic E-state index is 0.191. The van der Waals surface area contributed by atoms with Crippen LogP contribution in [0.2, 0.25) is 0 Å². The normalized spacial score (nSPS) is 19.6. The Morgan fingerprint density at radius 2 is 2.21 bits per heavy atom. The first-order chi connectivity index (χ1) is 8.89. The predicted molar refractivity (Wildman–Crippen MR) is 70.2 cm³/mol. The second kappa shape index (κ2) is 5.11. The van der Waals surface area contributed by atoms with Gasteiger partial charge in [-0.05, 0) is 27.2 Å². The number of aromatic nitrogens is 2. The number of carbonyl (C=O) groups excluding carboxylic acids is 1. The summed E-state index contributed by atoms with van der Waals surface area (Å²) in [6.45, 7) is 6.94. The highest BCUT2D eigenvalue weighted by Crippen LogP contribution is 2.24. The van der Waals surface area contributed by atoms with E-state index in [-0.39, 0.29) is 12.1 Å². The Labute approximate surface area is 113 Å². The van der Waals surface area contributed by atoms with E-state index in [0.717, 1.165) is 6.42 Å². The van der Waals surface area contributed by atoms with E-state index in [1.807, 2.05) is 37.7 Å². The third-order valence-electron chi connectivity index (χ3n) is 2.98. The first-order valence-electron chi connectivity index (χ1n) is 6.46. The third kappa shape index (κ3) is 3.39. The standard InChI is InChI=1S/C13H21N3O3/c1-13(2,3)19-12(17)15-7-5-10(9-15)16-8-6-11(14-16)18-4/h6,8,10H,5,7,9H2,1-4H3/t10-/m0/s1. The van der Waals surface area contributed by atoms with Crippen LogP contribution in [0, 0.1) is 0 Å². The maximum atomic E-state index is 11.9. The molecule has 1 aromatic rings. The predicted octanol–water partition coefficient (Wildman–Crippen LogP) is 2.07. The fourth-order valence-corrected chi connectivity index (χ4v) is 2.08. The molecule has 6 heteroatoms. The van der Waals surface area contributed by atoms with Gasteiger partial charge in [0.1, 0.15) is 5.60 Å². The molecule has 0 radical (unpaired) electrons. The zero-order chi connectivity index (χ0) is 14.0. The number of methoxy groups -OCH3 is 1. The van der Waals surface area contributed by atoms with E-state index in [1.54, 1.807) is 12.0 Å². The van der Waals surface area contributed by atoms with Crippen molar-refractivity contribution in [3.8, 4) is 5.88 Å². The summed E-state index contributed by atoms with van der Waals surface area (Å²) in [6.07, 6.45) is 2.50. The SMILES string of the molecule is COc1ccn([C@H]2CCN(C(=O)OC(C)(C)C)C2)n1. The first-order valence-corrected chi connectivity index (χ1v) is 6.46. The number of carbonyl (C=O) groups is 1. The van der Waals surface area contributed by atoms with Gasteiger partial charge in [0.25, 0.3) is 0 Å². The summed E-state index contributed by atoms with van der Waals surface area (Å²) in [5.41, 5.74) is -0.454. The minimum Gasteiger partial charge on any atom is -0.480 e. The number of rotatable bonds is 2. The molecule has 1 aliphatic rings. The molecule has 2 heterocycles. The van der Waals surface area contributed by atoms with Crippen LogP contribution >= 0.6 is 0 Å². The molecule has 6 nitrogen and oxygen atoms in total. The van der Waals surface area contributed by atoms with Crippen molar-refractivity contribution in [3.63, 3.8) is 0 Å². The van der Waals surface area contributed by atoms with Crippen LogP contribution in [0.3, 0.4) is 0 Å². The van der Waals surface area contributed by atoms with Crippen molar-refractivity contribution < 1.29 is 14.3 Å². The molecule has 0 spiro atoms. The Kier molecular flexibility index (Phi) is 3.68. The number of nitrogens with zero attached hydrogens (tertiary/aromatic N) is 3. The second-order valence-electron chi connectivity index (χ2n) is 5.71. The Balaban J connectivity index is 1.94. The summed E-state index contributed by atoms with van der Waals surface area (Å²) in [7, 11) is 1.59. The molecule has 2 rings (SSSR count). The van der Waals surface area contributed by atoms with Crippen LogP contribution in [0.5, 0.6) is 5.88 Å². The highest BCUT2D eigenvalue weighted by atomic mass is 16.6. The Hall–Kier alpha value is -1.72. The molecule has 106 valence electrons. The van der Waals surface area contributed by atoms with Gasteiger partial charge in [0.15, 0.2) is 0 Å². The molecule has 0 unspecified atom stereocenters. The Morgan fingerprint density at radius 1 is 1.47 bits per heavy atom. The summed E-state index contributed by atoms with van der Waals surface area (Å²) in [5, 5.41) is 4.29. The van der Waals surface area contributed by atoms with E-state index < -0.39 is 5.60 Å². The molecule has 0 N–H and O–H groups in total. The molecule has 1 fully saturated rings. The fourth-order valence-electron chi connectivity index (χ4n) is 2.08. The van der Waals surface area contributed by atoms with Crippen molar-refractivity contribution in [2.24, 2.45) is 0 Å².